The normalized spacial score (nSPS) is 24.4. The lowest BCUT2D eigenvalue weighted by molar-refractivity contribution is -0.149. The zero-order valence-electron chi connectivity index (χ0n) is 15.2. The number of ether oxygens (including phenoxy) is 1. The maximum absolute atomic E-state index is 13.4. The van der Waals surface area contributed by atoms with Crippen molar-refractivity contribution >= 4 is 27.4 Å². The van der Waals surface area contributed by atoms with E-state index in [0.29, 0.717) is 10.6 Å². The first-order valence-electron chi connectivity index (χ1n) is 8.72. The standard InChI is InChI=1S/C20H22ClNO4S/c1-3-26-19(23)20(12-22)17(14-5-4-6-15(21)11-14)18(20)27(24,25)16-9-7-13(2)8-10-16/h4-11,17-18H,3,12,22H2,1-2H3. The Morgan fingerprint density at radius 2 is 1.89 bits per heavy atom. The maximum Gasteiger partial charge on any atom is 0.315 e. The zero-order chi connectivity index (χ0) is 19.8. The number of benzene rings is 2. The molecule has 27 heavy (non-hydrogen) atoms. The van der Waals surface area contributed by atoms with Crippen LogP contribution in [0.5, 0.6) is 0 Å². The molecule has 2 N–H and O–H groups in total. The molecule has 3 rings (SSSR count). The molecule has 1 saturated carbocycles. The minimum absolute atomic E-state index is 0.126. The highest BCUT2D eigenvalue weighted by atomic mass is 35.5. The van der Waals surface area contributed by atoms with Gasteiger partial charge in [0.05, 0.1) is 16.8 Å². The van der Waals surface area contributed by atoms with Crippen LogP contribution in [0.3, 0.4) is 0 Å². The molecule has 0 amide bonds. The minimum Gasteiger partial charge on any atom is -0.465 e. The summed E-state index contributed by atoms with van der Waals surface area (Å²) in [5.74, 6) is -1.19. The summed E-state index contributed by atoms with van der Waals surface area (Å²) in [6, 6.07) is 13.5. The van der Waals surface area contributed by atoms with Crippen molar-refractivity contribution in [1.29, 1.82) is 0 Å². The predicted molar refractivity (Wildman–Crippen MR) is 104 cm³/mol. The van der Waals surface area contributed by atoms with Crippen LogP contribution in [0.15, 0.2) is 53.4 Å². The molecule has 7 heteroatoms. The smallest absolute Gasteiger partial charge is 0.315 e. The summed E-state index contributed by atoms with van der Waals surface area (Å²) in [5, 5.41) is -0.518. The number of carbonyl (C=O) groups excluding carboxylic acids is 1. The Kier molecular flexibility index (Phi) is 5.34. The number of hydrogen-bond donors (Lipinski definition) is 1. The Morgan fingerprint density at radius 1 is 1.22 bits per heavy atom. The van der Waals surface area contributed by atoms with Gasteiger partial charge in [-0.25, -0.2) is 8.42 Å². The van der Waals surface area contributed by atoms with Gasteiger partial charge in [0, 0.05) is 17.5 Å². The molecule has 0 aliphatic heterocycles. The summed E-state index contributed by atoms with van der Waals surface area (Å²) in [5.41, 5.74) is 6.26. The van der Waals surface area contributed by atoms with Crippen molar-refractivity contribution in [3.05, 3.63) is 64.7 Å². The maximum atomic E-state index is 13.4. The first kappa shape index (κ1) is 19.9. The molecule has 0 heterocycles. The summed E-state index contributed by atoms with van der Waals surface area (Å²) in [4.78, 5) is 12.9. The van der Waals surface area contributed by atoms with Crippen LogP contribution in [0.4, 0.5) is 0 Å². The molecule has 5 nitrogen and oxygen atoms in total. The molecule has 1 aliphatic rings. The Hall–Kier alpha value is -1.89. The Morgan fingerprint density at radius 3 is 2.44 bits per heavy atom. The summed E-state index contributed by atoms with van der Waals surface area (Å²) >= 11 is 6.09. The van der Waals surface area contributed by atoms with E-state index in [1.54, 1.807) is 55.5 Å². The van der Waals surface area contributed by atoms with Crippen molar-refractivity contribution in [1.82, 2.24) is 0 Å². The summed E-state index contributed by atoms with van der Waals surface area (Å²) in [7, 11) is -3.80. The number of aryl methyl sites for hydroxylation is 1. The average molecular weight is 408 g/mol. The predicted octanol–water partition coefficient (Wildman–Crippen LogP) is 3.10. The van der Waals surface area contributed by atoms with Gasteiger partial charge in [-0.3, -0.25) is 4.79 Å². The van der Waals surface area contributed by atoms with E-state index in [1.165, 1.54) is 0 Å². The van der Waals surface area contributed by atoms with Crippen molar-refractivity contribution in [3.8, 4) is 0 Å². The average Bonchev–Trinajstić information content (AvgIpc) is 3.34. The molecule has 1 aliphatic carbocycles. The van der Waals surface area contributed by atoms with E-state index < -0.39 is 32.4 Å². The molecule has 144 valence electrons. The van der Waals surface area contributed by atoms with Crippen molar-refractivity contribution in [2.75, 3.05) is 13.2 Å². The van der Waals surface area contributed by atoms with E-state index in [2.05, 4.69) is 0 Å². The van der Waals surface area contributed by atoms with Gasteiger partial charge in [0.2, 0.25) is 0 Å². The molecular formula is C20H22ClNO4S. The van der Waals surface area contributed by atoms with E-state index in [-0.39, 0.29) is 18.0 Å². The lowest BCUT2D eigenvalue weighted by atomic mass is 9.99. The largest absolute Gasteiger partial charge is 0.465 e. The Labute approximate surface area is 164 Å². The lowest BCUT2D eigenvalue weighted by Gasteiger charge is -2.14. The molecule has 3 atom stereocenters. The number of carbonyl (C=O) groups is 1. The second-order valence-electron chi connectivity index (χ2n) is 6.78. The summed E-state index contributed by atoms with van der Waals surface area (Å²) in [6.07, 6.45) is 0. The SMILES string of the molecule is CCOC(=O)C1(CN)C(c2cccc(Cl)c2)C1S(=O)(=O)c1ccc(C)cc1. The van der Waals surface area contributed by atoms with Gasteiger partial charge in [-0.1, -0.05) is 41.4 Å². The van der Waals surface area contributed by atoms with Crippen molar-refractivity contribution in [2.24, 2.45) is 11.1 Å². The summed E-state index contributed by atoms with van der Waals surface area (Å²) < 4.78 is 31.9. The fourth-order valence-electron chi connectivity index (χ4n) is 3.74. The summed E-state index contributed by atoms with van der Waals surface area (Å²) in [6.45, 7) is 3.59. The highest BCUT2D eigenvalue weighted by Crippen LogP contribution is 2.64. The van der Waals surface area contributed by atoms with Gasteiger partial charge in [-0.15, -0.1) is 0 Å². The molecule has 0 saturated heterocycles. The molecule has 3 unspecified atom stereocenters. The van der Waals surface area contributed by atoms with Crippen LogP contribution in [-0.4, -0.2) is 32.8 Å². The van der Waals surface area contributed by atoms with Crippen LogP contribution in [0.25, 0.3) is 0 Å². The molecule has 0 bridgehead atoms. The van der Waals surface area contributed by atoms with Crippen molar-refractivity contribution < 1.29 is 17.9 Å². The van der Waals surface area contributed by atoms with E-state index in [0.717, 1.165) is 5.56 Å². The van der Waals surface area contributed by atoms with Crippen LogP contribution in [0.2, 0.25) is 5.02 Å². The van der Waals surface area contributed by atoms with Crippen LogP contribution >= 0.6 is 11.6 Å². The van der Waals surface area contributed by atoms with Gasteiger partial charge in [0.25, 0.3) is 0 Å². The van der Waals surface area contributed by atoms with E-state index in [4.69, 9.17) is 22.1 Å². The van der Waals surface area contributed by atoms with Crippen LogP contribution in [0.1, 0.15) is 24.0 Å². The zero-order valence-corrected chi connectivity index (χ0v) is 16.8. The Balaban J connectivity index is 2.12. The lowest BCUT2D eigenvalue weighted by Crippen LogP contribution is -2.33. The van der Waals surface area contributed by atoms with Gasteiger partial charge in [-0.2, -0.15) is 0 Å². The second kappa shape index (κ2) is 7.26. The number of hydrogen-bond acceptors (Lipinski definition) is 5. The highest BCUT2D eigenvalue weighted by molar-refractivity contribution is 7.92. The van der Waals surface area contributed by atoms with E-state index in [1.807, 2.05) is 6.92 Å². The molecule has 2 aromatic rings. The van der Waals surface area contributed by atoms with Gasteiger partial charge in [0.1, 0.15) is 5.41 Å². The molecule has 0 aromatic heterocycles. The number of esters is 1. The van der Waals surface area contributed by atoms with E-state index in [9.17, 15) is 13.2 Å². The molecule has 1 fully saturated rings. The van der Waals surface area contributed by atoms with Gasteiger partial charge >= 0.3 is 5.97 Å². The van der Waals surface area contributed by atoms with Gasteiger partial charge < -0.3 is 10.5 Å². The minimum atomic E-state index is -3.80. The quantitative estimate of drug-likeness (QED) is 0.743. The molecular weight excluding hydrogens is 386 g/mol. The number of rotatable bonds is 6. The van der Waals surface area contributed by atoms with Crippen molar-refractivity contribution in [3.63, 3.8) is 0 Å². The fourth-order valence-corrected chi connectivity index (χ4v) is 6.32. The third-order valence-electron chi connectivity index (χ3n) is 5.14. The van der Waals surface area contributed by atoms with Crippen molar-refractivity contribution in [2.45, 2.75) is 29.9 Å². The van der Waals surface area contributed by atoms with Crippen LogP contribution < -0.4 is 5.73 Å². The first-order chi connectivity index (χ1) is 12.8. The third-order valence-corrected chi connectivity index (χ3v) is 7.67. The highest BCUT2D eigenvalue weighted by Gasteiger charge is 2.75. The fraction of sp³-hybridized carbons (Fsp3) is 0.350. The second-order valence-corrected chi connectivity index (χ2v) is 9.28. The topological polar surface area (TPSA) is 86.5 Å². The van der Waals surface area contributed by atoms with Crippen LogP contribution in [-0.2, 0) is 19.4 Å². The molecule has 2 aromatic carbocycles. The number of halogens is 1. The number of sulfone groups is 1. The monoisotopic (exact) mass is 407 g/mol. The van der Waals surface area contributed by atoms with Gasteiger partial charge in [0.15, 0.2) is 9.84 Å². The Bertz CT molecular complexity index is 958. The molecule has 0 radical (unpaired) electrons. The third kappa shape index (κ3) is 3.26. The first-order valence-corrected chi connectivity index (χ1v) is 10.6. The van der Waals surface area contributed by atoms with E-state index >= 15 is 0 Å². The van der Waals surface area contributed by atoms with Crippen LogP contribution in [0, 0.1) is 12.3 Å². The van der Waals surface area contributed by atoms with Gasteiger partial charge in [-0.05, 0) is 43.7 Å². The number of nitrogens with two attached hydrogens (primary N) is 1. The molecule has 0 spiro atoms.